The first kappa shape index (κ1) is 22.3. The molecule has 0 aliphatic carbocycles. The molecule has 1 aromatic carbocycles. The summed E-state index contributed by atoms with van der Waals surface area (Å²) in [5.74, 6) is 0.700. The van der Waals surface area contributed by atoms with Gasteiger partial charge in [0, 0.05) is 37.8 Å². The van der Waals surface area contributed by atoms with Gasteiger partial charge in [0.15, 0.2) is 11.5 Å². The molecule has 2 saturated heterocycles. The van der Waals surface area contributed by atoms with Crippen molar-refractivity contribution in [2.75, 3.05) is 52.6 Å². The first-order valence-corrected chi connectivity index (χ1v) is 12.2. The molecule has 9 nitrogen and oxygen atoms in total. The van der Waals surface area contributed by atoms with Gasteiger partial charge < -0.3 is 19.5 Å². The molecule has 2 fully saturated rings. The van der Waals surface area contributed by atoms with E-state index in [1.807, 2.05) is 0 Å². The van der Waals surface area contributed by atoms with E-state index in [0.29, 0.717) is 63.9 Å². The SMILES string of the molecule is CC(C)(CNC(=O)[C@H]1CCCN1S(=O)(=O)c1ccc2c(c1)OCCO2)N1CCOCC1. The fourth-order valence-corrected chi connectivity index (χ4v) is 5.98. The summed E-state index contributed by atoms with van der Waals surface area (Å²) in [4.78, 5) is 15.4. The zero-order valence-electron chi connectivity index (χ0n) is 18.1. The highest BCUT2D eigenvalue weighted by Gasteiger charge is 2.40. The number of nitrogens with one attached hydrogen (secondary N) is 1. The van der Waals surface area contributed by atoms with Crippen LogP contribution in [0.3, 0.4) is 0 Å². The maximum Gasteiger partial charge on any atom is 0.243 e. The van der Waals surface area contributed by atoms with Gasteiger partial charge in [0.05, 0.1) is 18.1 Å². The number of carbonyl (C=O) groups excluding carboxylic acids is 1. The van der Waals surface area contributed by atoms with E-state index in [9.17, 15) is 13.2 Å². The van der Waals surface area contributed by atoms with Crippen molar-refractivity contribution in [3.8, 4) is 11.5 Å². The molecule has 1 aromatic rings. The van der Waals surface area contributed by atoms with Gasteiger partial charge in [-0.15, -0.1) is 0 Å². The Kier molecular flexibility index (Phi) is 6.43. The van der Waals surface area contributed by atoms with Crippen LogP contribution in [0.25, 0.3) is 0 Å². The lowest BCUT2D eigenvalue weighted by Crippen LogP contribution is -2.57. The lowest BCUT2D eigenvalue weighted by Gasteiger charge is -2.41. The Balaban J connectivity index is 1.44. The summed E-state index contributed by atoms with van der Waals surface area (Å²) in [7, 11) is -3.83. The molecule has 172 valence electrons. The van der Waals surface area contributed by atoms with E-state index < -0.39 is 16.1 Å². The molecule has 0 spiro atoms. The number of hydrogen-bond donors (Lipinski definition) is 1. The molecule has 1 N–H and O–H groups in total. The van der Waals surface area contributed by atoms with Crippen LogP contribution in [0.5, 0.6) is 11.5 Å². The third-order valence-electron chi connectivity index (χ3n) is 6.19. The maximum absolute atomic E-state index is 13.3. The van der Waals surface area contributed by atoms with Gasteiger partial charge in [-0.1, -0.05) is 0 Å². The molecule has 0 saturated carbocycles. The van der Waals surface area contributed by atoms with Crippen LogP contribution in [0.4, 0.5) is 0 Å². The van der Waals surface area contributed by atoms with Crippen molar-refractivity contribution >= 4 is 15.9 Å². The van der Waals surface area contributed by atoms with Gasteiger partial charge in [-0.3, -0.25) is 9.69 Å². The first-order chi connectivity index (χ1) is 14.8. The number of ether oxygens (including phenoxy) is 3. The maximum atomic E-state index is 13.3. The van der Waals surface area contributed by atoms with Crippen molar-refractivity contribution in [3.05, 3.63) is 18.2 Å². The zero-order valence-corrected chi connectivity index (χ0v) is 18.9. The fraction of sp³-hybridized carbons (Fsp3) is 0.667. The van der Waals surface area contributed by atoms with E-state index in [2.05, 4.69) is 24.1 Å². The summed E-state index contributed by atoms with van der Waals surface area (Å²) in [5.41, 5.74) is -0.239. The van der Waals surface area contributed by atoms with Crippen LogP contribution >= 0.6 is 0 Å². The molecule has 1 atom stereocenters. The second-order valence-corrected chi connectivity index (χ2v) is 10.6. The van der Waals surface area contributed by atoms with Crippen molar-refractivity contribution < 1.29 is 27.4 Å². The highest BCUT2D eigenvalue weighted by Crippen LogP contribution is 2.34. The average Bonchev–Trinajstić information content (AvgIpc) is 3.29. The van der Waals surface area contributed by atoms with Crippen molar-refractivity contribution in [3.63, 3.8) is 0 Å². The van der Waals surface area contributed by atoms with Crippen LogP contribution in [0.15, 0.2) is 23.1 Å². The van der Waals surface area contributed by atoms with Gasteiger partial charge in [0.1, 0.15) is 19.3 Å². The van der Waals surface area contributed by atoms with Crippen molar-refractivity contribution in [1.82, 2.24) is 14.5 Å². The van der Waals surface area contributed by atoms with E-state index in [4.69, 9.17) is 14.2 Å². The fourth-order valence-electron chi connectivity index (χ4n) is 4.31. The molecule has 0 bridgehead atoms. The molecule has 0 radical (unpaired) electrons. The third kappa shape index (κ3) is 4.67. The Morgan fingerprint density at radius 1 is 1.10 bits per heavy atom. The van der Waals surface area contributed by atoms with Crippen LogP contribution < -0.4 is 14.8 Å². The van der Waals surface area contributed by atoms with E-state index in [1.54, 1.807) is 6.07 Å². The van der Waals surface area contributed by atoms with Crippen LogP contribution in [0, 0.1) is 0 Å². The Morgan fingerprint density at radius 3 is 2.55 bits per heavy atom. The lowest BCUT2D eigenvalue weighted by molar-refractivity contribution is -0.125. The number of morpholine rings is 1. The molecule has 1 amide bonds. The largest absolute Gasteiger partial charge is 0.486 e. The van der Waals surface area contributed by atoms with E-state index >= 15 is 0 Å². The summed E-state index contributed by atoms with van der Waals surface area (Å²) in [5, 5.41) is 2.99. The number of amides is 1. The van der Waals surface area contributed by atoms with Crippen molar-refractivity contribution in [2.45, 2.75) is 43.2 Å². The molecular formula is C21H31N3O6S. The zero-order chi connectivity index (χ0) is 22.1. The lowest BCUT2D eigenvalue weighted by atomic mass is 10.0. The van der Waals surface area contributed by atoms with Gasteiger partial charge in [-0.05, 0) is 38.8 Å². The van der Waals surface area contributed by atoms with E-state index in [-0.39, 0.29) is 16.3 Å². The number of nitrogens with zero attached hydrogens (tertiary/aromatic N) is 2. The van der Waals surface area contributed by atoms with Crippen LogP contribution in [-0.4, -0.2) is 87.7 Å². The summed E-state index contributed by atoms with van der Waals surface area (Å²) < 4.78 is 44.4. The predicted molar refractivity (Wildman–Crippen MR) is 114 cm³/mol. The van der Waals surface area contributed by atoms with Gasteiger partial charge in [0.2, 0.25) is 15.9 Å². The minimum absolute atomic E-state index is 0.116. The summed E-state index contributed by atoms with van der Waals surface area (Å²) in [6.45, 7) is 8.74. The number of sulfonamides is 1. The van der Waals surface area contributed by atoms with Crippen molar-refractivity contribution in [1.29, 1.82) is 0 Å². The third-order valence-corrected chi connectivity index (χ3v) is 8.09. The molecular weight excluding hydrogens is 422 g/mol. The van der Waals surface area contributed by atoms with Gasteiger partial charge in [-0.25, -0.2) is 8.42 Å². The molecule has 0 aromatic heterocycles. The Bertz CT molecular complexity index is 914. The molecule has 3 aliphatic heterocycles. The van der Waals surface area contributed by atoms with E-state index in [1.165, 1.54) is 16.4 Å². The normalized spacial score (nSPS) is 23.0. The number of carbonyl (C=O) groups is 1. The molecule has 0 unspecified atom stereocenters. The monoisotopic (exact) mass is 453 g/mol. The molecule has 3 heterocycles. The Hall–Kier alpha value is -1.88. The predicted octanol–water partition coefficient (Wildman–Crippen LogP) is 0.838. The second kappa shape index (κ2) is 8.93. The van der Waals surface area contributed by atoms with Crippen molar-refractivity contribution in [2.24, 2.45) is 0 Å². The highest BCUT2D eigenvalue weighted by atomic mass is 32.2. The summed E-state index contributed by atoms with van der Waals surface area (Å²) in [6, 6.07) is 3.90. The minimum atomic E-state index is -3.83. The smallest absolute Gasteiger partial charge is 0.243 e. The van der Waals surface area contributed by atoms with E-state index in [0.717, 1.165) is 13.1 Å². The molecule has 31 heavy (non-hydrogen) atoms. The Morgan fingerprint density at radius 2 is 1.81 bits per heavy atom. The first-order valence-electron chi connectivity index (χ1n) is 10.8. The second-order valence-electron chi connectivity index (χ2n) is 8.71. The summed E-state index contributed by atoms with van der Waals surface area (Å²) >= 11 is 0. The average molecular weight is 454 g/mol. The van der Waals surface area contributed by atoms with Gasteiger partial charge >= 0.3 is 0 Å². The number of hydrogen-bond acceptors (Lipinski definition) is 7. The Labute approximate surface area is 183 Å². The van der Waals surface area contributed by atoms with Gasteiger partial charge in [-0.2, -0.15) is 4.31 Å². The minimum Gasteiger partial charge on any atom is -0.486 e. The van der Waals surface area contributed by atoms with Gasteiger partial charge in [0.25, 0.3) is 0 Å². The summed E-state index contributed by atoms with van der Waals surface area (Å²) in [6.07, 6.45) is 1.16. The van der Waals surface area contributed by atoms with Crippen LogP contribution in [0.1, 0.15) is 26.7 Å². The van der Waals surface area contributed by atoms with Crippen LogP contribution in [-0.2, 0) is 19.6 Å². The molecule has 3 aliphatic rings. The quantitative estimate of drug-likeness (QED) is 0.682. The highest BCUT2D eigenvalue weighted by molar-refractivity contribution is 7.89. The number of fused-ring (bicyclic) bond motifs is 1. The number of rotatable bonds is 6. The molecule has 4 rings (SSSR count). The topological polar surface area (TPSA) is 97.4 Å². The number of benzene rings is 1. The van der Waals surface area contributed by atoms with Crippen LogP contribution in [0.2, 0.25) is 0 Å². The standard InChI is InChI=1S/C21H31N3O6S/c1-21(2,23-8-10-28-11-9-23)15-22-20(25)17-4-3-7-24(17)31(26,27)16-5-6-18-19(14-16)30-13-12-29-18/h5-6,14,17H,3-4,7-13,15H2,1-2H3,(H,22,25)/t17-/m1/s1. The molecule has 10 heteroatoms.